The third-order valence-electron chi connectivity index (χ3n) is 10.6. The zero-order valence-electron chi connectivity index (χ0n) is 36.8. The highest BCUT2D eigenvalue weighted by atomic mass is 16.6. The van der Waals surface area contributed by atoms with Crippen molar-refractivity contribution in [2.45, 2.75) is 131 Å². The molecular weight excluding hydrogens is 753 g/mol. The van der Waals surface area contributed by atoms with Gasteiger partial charge < -0.3 is 28.4 Å². The van der Waals surface area contributed by atoms with Crippen LogP contribution in [0.3, 0.4) is 0 Å². The van der Waals surface area contributed by atoms with Crippen molar-refractivity contribution in [1.82, 2.24) is 0 Å². The van der Waals surface area contributed by atoms with Gasteiger partial charge in [0.25, 0.3) is 0 Å². The Morgan fingerprint density at radius 3 is 1.22 bits per heavy atom. The van der Waals surface area contributed by atoms with Crippen molar-refractivity contribution in [1.29, 1.82) is 0 Å². The van der Waals surface area contributed by atoms with Gasteiger partial charge in [0, 0.05) is 34.4 Å². The van der Waals surface area contributed by atoms with Crippen LogP contribution < -0.4 is 18.9 Å². The Kier molecular flexibility index (Phi) is 18.4. The Morgan fingerprint density at radius 2 is 0.817 bits per heavy atom. The van der Waals surface area contributed by atoms with Gasteiger partial charge in [0.05, 0.1) is 0 Å². The molecule has 0 aliphatic rings. The number of unbranched alkanes of at least 4 members (excludes halogenated alkanes) is 8. The van der Waals surface area contributed by atoms with Crippen LogP contribution in [0.25, 0.3) is 21.5 Å². The molecule has 2 atom stereocenters. The Bertz CT molecular complexity index is 1970. The predicted molar refractivity (Wildman–Crippen MR) is 242 cm³/mol. The lowest BCUT2D eigenvalue weighted by atomic mass is 9.97. The van der Waals surface area contributed by atoms with Crippen molar-refractivity contribution in [3.05, 3.63) is 107 Å². The first-order valence-corrected chi connectivity index (χ1v) is 22.1. The van der Waals surface area contributed by atoms with Crippen LogP contribution >= 0.6 is 0 Å². The second-order valence-corrected chi connectivity index (χ2v) is 16.2. The molecule has 0 bridgehead atoms. The summed E-state index contributed by atoms with van der Waals surface area (Å²) in [4.78, 5) is 26.3. The number of esters is 2. The number of carbonyl (C=O) groups excluding carboxylic acids is 2. The van der Waals surface area contributed by atoms with Gasteiger partial charge in [0.2, 0.25) is 0 Å². The molecule has 0 fully saturated rings. The van der Waals surface area contributed by atoms with Crippen LogP contribution in [-0.2, 0) is 19.1 Å². The van der Waals surface area contributed by atoms with E-state index in [1.165, 1.54) is 0 Å². The van der Waals surface area contributed by atoms with Crippen LogP contribution in [0.4, 0.5) is 0 Å². The van der Waals surface area contributed by atoms with Crippen LogP contribution in [0, 0.1) is 27.7 Å². The van der Waals surface area contributed by atoms with Crippen molar-refractivity contribution in [3.63, 3.8) is 0 Å². The summed E-state index contributed by atoms with van der Waals surface area (Å²) in [5.41, 5.74) is 4.26. The van der Waals surface area contributed by atoms with E-state index in [4.69, 9.17) is 28.4 Å². The number of carbonyl (C=O) groups is 2. The van der Waals surface area contributed by atoms with Crippen LogP contribution in [0.15, 0.2) is 84.9 Å². The molecule has 0 heterocycles. The fraction of sp³-hybridized carbons (Fsp3) is 0.462. The summed E-state index contributed by atoms with van der Waals surface area (Å²) in [5.74, 6) is 2.24. The smallest absolute Gasteiger partial charge is 0.306 e. The molecule has 0 saturated carbocycles. The summed E-state index contributed by atoms with van der Waals surface area (Å²) in [7, 11) is 0. The molecule has 2 unspecified atom stereocenters. The molecule has 0 spiro atoms. The van der Waals surface area contributed by atoms with Crippen LogP contribution in [0.1, 0.15) is 113 Å². The van der Waals surface area contributed by atoms with Crippen LogP contribution in [0.2, 0.25) is 0 Å². The maximum atomic E-state index is 13.1. The maximum absolute atomic E-state index is 13.1. The molecule has 5 rings (SSSR count). The van der Waals surface area contributed by atoms with Gasteiger partial charge in [-0.3, -0.25) is 9.59 Å². The minimum atomic E-state index is -0.652. The second-order valence-electron chi connectivity index (χ2n) is 16.2. The minimum absolute atomic E-state index is 0.0897. The van der Waals surface area contributed by atoms with E-state index >= 15 is 0 Å². The minimum Gasteiger partial charge on any atom is -0.490 e. The first-order chi connectivity index (χ1) is 29.1. The fourth-order valence-electron chi connectivity index (χ4n) is 7.30. The zero-order chi connectivity index (χ0) is 42.7. The lowest BCUT2D eigenvalue weighted by Crippen LogP contribution is -2.31. The molecule has 0 aromatic heterocycles. The van der Waals surface area contributed by atoms with Crippen LogP contribution in [0.5, 0.6) is 23.0 Å². The maximum Gasteiger partial charge on any atom is 0.306 e. The largest absolute Gasteiger partial charge is 0.490 e. The van der Waals surface area contributed by atoms with Gasteiger partial charge in [-0.1, -0.05) is 125 Å². The number of aryl methyl sites for hydroxylation is 4. The topological polar surface area (TPSA) is 89.5 Å². The molecule has 8 nitrogen and oxygen atoms in total. The SMILES string of the molecule is CCCCCCCC(=O)OC(COc1cccc(C)c1)COc1c2ccc(C)cc2c(OCC(COc2cccc(C)c2)OC(=O)CCCCCCC)c2ccc(C)cc12. The average molecular weight is 819 g/mol. The van der Waals surface area contributed by atoms with Gasteiger partial charge in [0.1, 0.15) is 49.4 Å². The lowest BCUT2D eigenvalue weighted by molar-refractivity contribution is -0.153. The molecule has 0 N–H and O–H groups in total. The first kappa shape index (κ1) is 45.8. The molecule has 5 aromatic rings. The summed E-state index contributed by atoms with van der Waals surface area (Å²) >= 11 is 0. The summed E-state index contributed by atoms with van der Waals surface area (Å²) < 4.78 is 38.0. The van der Waals surface area contributed by atoms with Gasteiger partial charge >= 0.3 is 11.9 Å². The molecule has 8 heteroatoms. The van der Waals surface area contributed by atoms with E-state index in [0.29, 0.717) is 35.8 Å². The van der Waals surface area contributed by atoms with Gasteiger partial charge in [0.15, 0.2) is 12.2 Å². The number of ether oxygens (including phenoxy) is 6. The highest BCUT2D eigenvalue weighted by Crippen LogP contribution is 2.44. The van der Waals surface area contributed by atoms with E-state index in [9.17, 15) is 9.59 Å². The van der Waals surface area contributed by atoms with Gasteiger partial charge in [-0.05, 0) is 88.1 Å². The van der Waals surface area contributed by atoms with Gasteiger partial charge in [-0.25, -0.2) is 0 Å². The van der Waals surface area contributed by atoms with E-state index < -0.39 is 12.2 Å². The van der Waals surface area contributed by atoms with Gasteiger partial charge in [-0.2, -0.15) is 0 Å². The third-order valence-corrected chi connectivity index (χ3v) is 10.6. The quantitative estimate of drug-likeness (QED) is 0.0310. The Labute approximate surface area is 357 Å². The second kappa shape index (κ2) is 24.1. The average Bonchev–Trinajstić information content (AvgIpc) is 3.22. The highest BCUT2D eigenvalue weighted by Gasteiger charge is 2.23. The molecule has 5 aromatic carbocycles. The number of fused-ring (bicyclic) bond motifs is 2. The van der Waals surface area contributed by atoms with Gasteiger partial charge in [-0.15, -0.1) is 0 Å². The molecule has 0 saturated heterocycles. The fourth-order valence-corrected chi connectivity index (χ4v) is 7.30. The molecule has 0 aliphatic heterocycles. The monoisotopic (exact) mass is 818 g/mol. The zero-order valence-corrected chi connectivity index (χ0v) is 36.8. The summed E-state index contributed by atoms with van der Waals surface area (Å²) in [6, 6.07) is 28.1. The number of rotatable bonds is 26. The van der Waals surface area contributed by atoms with Crippen molar-refractivity contribution < 1.29 is 38.0 Å². The Balaban J connectivity index is 1.41. The molecule has 322 valence electrons. The number of hydrogen-bond acceptors (Lipinski definition) is 8. The first-order valence-electron chi connectivity index (χ1n) is 22.1. The number of hydrogen-bond donors (Lipinski definition) is 0. The molecule has 60 heavy (non-hydrogen) atoms. The summed E-state index contributed by atoms with van der Waals surface area (Å²) in [5, 5.41) is 3.43. The molecule has 0 radical (unpaired) electrons. The molecule has 0 aliphatic carbocycles. The highest BCUT2D eigenvalue weighted by molar-refractivity contribution is 6.11. The summed E-state index contributed by atoms with van der Waals surface area (Å²) in [6.07, 6.45) is 9.81. The summed E-state index contributed by atoms with van der Waals surface area (Å²) in [6.45, 7) is 12.9. The van der Waals surface area contributed by atoms with E-state index in [1.807, 2.05) is 88.4 Å². The van der Waals surface area contributed by atoms with Crippen LogP contribution in [-0.4, -0.2) is 50.6 Å². The Hall–Kier alpha value is -5.24. The lowest BCUT2D eigenvalue weighted by Gasteiger charge is -2.23. The number of benzene rings is 5. The van der Waals surface area contributed by atoms with Crippen molar-refractivity contribution in [2.24, 2.45) is 0 Å². The normalized spacial score (nSPS) is 12.2. The molecular formula is C52H66O8. The standard InChI is InChI=1S/C52H66O8/c1-7-9-11-13-15-23-49(53)59-43(33-55-41-21-17-19-37(3)29-41)35-57-51-45-27-25-40(6)32-48(45)52(46-28-26-39(5)31-47(46)51)58-36-44(34-56-42-22-18-20-38(4)30-42)60-50(54)24-16-14-12-10-8-2/h17-22,25-32,43-44H,7-16,23-24,33-36H2,1-6H3. The predicted octanol–water partition coefficient (Wildman–Crippen LogP) is 12.7. The van der Waals surface area contributed by atoms with Crippen molar-refractivity contribution >= 4 is 33.5 Å². The third kappa shape index (κ3) is 14.5. The Morgan fingerprint density at radius 1 is 0.433 bits per heavy atom. The van der Waals surface area contributed by atoms with E-state index in [0.717, 1.165) is 108 Å². The van der Waals surface area contributed by atoms with E-state index in [1.54, 1.807) is 0 Å². The van der Waals surface area contributed by atoms with E-state index in [-0.39, 0.29) is 38.4 Å². The molecule has 0 amide bonds. The van der Waals surface area contributed by atoms with E-state index in [2.05, 4.69) is 38.1 Å². The van der Waals surface area contributed by atoms with Crippen molar-refractivity contribution in [2.75, 3.05) is 26.4 Å². The van der Waals surface area contributed by atoms with Crippen molar-refractivity contribution in [3.8, 4) is 23.0 Å².